The fraction of sp³-hybridized carbons (Fsp3) is 0.389. The second-order valence-corrected chi connectivity index (χ2v) is 8.83. The third-order valence-corrected chi connectivity index (χ3v) is 6.94. The molecule has 0 bridgehead atoms. The molecule has 2 aromatic rings. The smallest absolute Gasteiger partial charge is 0.287 e. The molecule has 8 heteroatoms. The number of hydrogen-bond acceptors (Lipinski definition) is 4. The van der Waals surface area contributed by atoms with Crippen LogP contribution in [0, 0.1) is 13.8 Å². The Hall–Kier alpha value is -1.83. The lowest BCUT2D eigenvalue weighted by Crippen LogP contribution is -2.46. The van der Waals surface area contributed by atoms with Gasteiger partial charge in [0.1, 0.15) is 4.90 Å². The minimum absolute atomic E-state index is 0.0908. The summed E-state index contributed by atoms with van der Waals surface area (Å²) in [6, 6.07) is 6.56. The van der Waals surface area contributed by atoms with Gasteiger partial charge in [-0.1, -0.05) is 17.7 Å². The van der Waals surface area contributed by atoms with Crippen molar-refractivity contribution in [3.63, 3.8) is 0 Å². The number of furan rings is 1. The molecule has 1 aliphatic rings. The van der Waals surface area contributed by atoms with Gasteiger partial charge in [-0.15, -0.1) is 0 Å². The van der Waals surface area contributed by atoms with Crippen molar-refractivity contribution in [2.45, 2.75) is 37.6 Å². The summed E-state index contributed by atoms with van der Waals surface area (Å²) >= 11 is 6.13. The van der Waals surface area contributed by atoms with E-state index < -0.39 is 10.0 Å². The van der Waals surface area contributed by atoms with Crippen molar-refractivity contribution in [1.29, 1.82) is 0 Å². The number of carbonyl (C=O) groups is 1. The minimum Gasteiger partial charge on any atom is -0.459 e. The number of nitrogens with one attached hydrogen (secondary N) is 1. The molecule has 1 aromatic heterocycles. The summed E-state index contributed by atoms with van der Waals surface area (Å²) in [6.07, 6.45) is 2.55. The number of piperidine rings is 1. The van der Waals surface area contributed by atoms with Crippen LogP contribution in [0.4, 0.5) is 0 Å². The van der Waals surface area contributed by atoms with Gasteiger partial charge < -0.3 is 9.73 Å². The highest BCUT2D eigenvalue weighted by molar-refractivity contribution is 7.89. The Morgan fingerprint density at radius 2 is 1.92 bits per heavy atom. The monoisotopic (exact) mass is 396 g/mol. The molecule has 1 fully saturated rings. The van der Waals surface area contributed by atoms with E-state index in [9.17, 15) is 13.2 Å². The summed E-state index contributed by atoms with van der Waals surface area (Å²) in [5, 5.41) is 3.14. The largest absolute Gasteiger partial charge is 0.459 e. The highest BCUT2D eigenvalue weighted by Gasteiger charge is 2.31. The molecule has 1 N–H and O–H groups in total. The number of aryl methyl sites for hydroxylation is 2. The molecular formula is C18H21ClN2O4S. The lowest BCUT2D eigenvalue weighted by Gasteiger charge is -2.31. The molecule has 0 saturated carbocycles. The quantitative estimate of drug-likeness (QED) is 0.860. The summed E-state index contributed by atoms with van der Waals surface area (Å²) in [4.78, 5) is 12.3. The fourth-order valence-corrected chi connectivity index (χ4v) is 5.09. The Balaban J connectivity index is 1.64. The van der Waals surface area contributed by atoms with E-state index in [0.29, 0.717) is 31.7 Å². The molecular weight excluding hydrogens is 376 g/mol. The van der Waals surface area contributed by atoms with Crippen LogP contribution in [-0.4, -0.2) is 37.8 Å². The molecule has 1 aliphatic heterocycles. The maximum absolute atomic E-state index is 12.8. The van der Waals surface area contributed by atoms with E-state index in [4.69, 9.17) is 16.0 Å². The van der Waals surface area contributed by atoms with Crippen LogP contribution in [0.3, 0.4) is 0 Å². The van der Waals surface area contributed by atoms with Crippen molar-refractivity contribution in [2.24, 2.45) is 0 Å². The van der Waals surface area contributed by atoms with Crippen molar-refractivity contribution in [1.82, 2.24) is 9.62 Å². The fourth-order valence-electron chi connectivity index (χ4n) is 3.05. The molecule has 0 spiro atoms. The van der Waals surface area contributed by atoms with Crippen LogP contribution in [0.15, 0.2) is 39.8 Å². The maximum Gasteiger partial charge on any atom is 0.287 e. The van der Waals surface area contributed by atoms with Crippen molar-refractivity contribution in [2.75, 3.05) is 13.1 Å². The number of nitrogens with zero attached hydrogens (tertiary/aromatic N) is 1. The topological polar surface area (TPSA) is 79.6 Å². The molecule has 0 atom stereocenters. The van der Waals surface area contributed by atoms with E-state index in [1.165, 1.54) is 10.6 Å². The number of halogens is 1. The van der Waals surface area contributed by atoms with Crippen LogP contribution in [-0.2, 0) is 10.0 Å². The van der Waals surface area contributed by atoms with Crippen molar-refractivity contribution in [3.05, 3.63) is 52.4 Å². The zero-order valence-electron chi connectivity index (χ0n) is 14.7. The number of amides is 1. The molecule has 0 aliphatic carbocycles. The standard InChI is InChI=1S/C18H21ClN2O4S/c1-12-3-4-16(15(19)11-12)26(23,24)21-8-5-14(6-9-21)20-18(22)17-13(2)7-10-25-17/h3-4,7,10-11,14H,5-6,8-9H2,1-2H3,(H,20,22). The average Bonchev–Trinajstić information content (AvgIpc) is 3.01. The van der Waals surface area contributed by atoms with Gasteiger partial charge in [0.25, 0.3) is 5.91 Å². The van der Waals surface area contributed by atoms with Crippen LogP contribution < -0.4 is 5.32 Å². The molecule has 6 nitrogen and oxygen atoms in total. The van der Waals surface area contributed by atoms with E-state index in [1.54, 1.807) is 31.2 Å². The average molecular weight is 397 g/mol. The van der Waals surface area contributed by atoms with Gasteiger partial charge in [0.15, 0.2) is 5.76 Å². The van der Waals surface area contributed by atoms with E-state index >= 15 is 0 Å². The minimum atomic E-state index is -3.64. The molecule has 1 saturated heterocycles. The first-order chi connectivity index (χ1) is 12.3. The number of sulfonamides is 1. The van der Waals surface area contributed by atoms with Crippen molar-refractivity contribution in [3.8, 4) is 0 Å². The molecule has 2 heterocycles. The number of hydrogen-bond donors (Lipinski definition) is 1. The Labute approximate surface area is 158 Å². The number of rotatable bonds is 4. The highest BCUT2D eigenvalue weighted by atomic mass is 35.5. The van der Waals surface area contributed by atoms with Gasteiger partial charge in [0.05, 0.1) is 11.3 Å². The predicted molar refractivity (Wildman–Crippen MR) is 98.9 cm³/mol. The van der Waals surface area contributed by atoms with Crippen molar-refractivity contribution < 1.29 is 17.6 Å². The Morgan fingerprint density at radius 3 is 2.50 bits per heavy atom. The lowest BCUT2D eigenvalue weighted by molar-refractivity contribution is 0.0895. The van der Waals surface area contributed by atoms with Crippen molar-refractivity contribution >= 4 is 27.5 Å². The second-order valence-electron chi connectivity index (χ2n) is 6.52. The molecule has 1 amide bonds. The van der Waals surface area contributed by atoms with E-state index in [1.807, 2.05) is 6.92 Å². The number of carbonyl (C=O) groups excluding carboxylic acids is 1. The van der Waals surface area contributed by atoms with Crippen LogP contribution in [0.5, 0.6) is 0 Å². The summed E-state index contributed by atoms with van der Waals surface area (Å²) < 4.78 is 32.2. The summed E-state index contributed by atoms with van der Waals surface area (Å²) in [5.41, 5.74) is 1.68. The Morgan fingerprint density at radius 1 is 1.23 bits per heavy atom. The normalized spacial score (nSPS) is 16.6. The van der Waals surface area contributed by atoms with Crippen LogP contribution in [0.2, 0.25) is 5.02 Å². The molecule has 26 heavy (non-hydrogen) atoms. The first-order valence-electron chi connectivity index (χ1n) is 8.40. The number of benzene rings is 1. The van der Waals surface area contributed by atoms with Gasteiger partial charge in [-0.25, -0.2) is 8.42 Å². The van der Waals surface area contributed by atoms with Crippen LogP contribution >= 0.6 is 11.6 Å². The third kappa shape index (κ3) is 3.79. The molecule has 1 aromatic carbocycles. The second kappa shape index (κ2) is 7.42. The van der Waals surface area contributed by atoms with E-state index in [-0.39, 0.29) is 21.9 Å². The van der Waals surface area contributed by atoms with E-state index in [0.717, 1.165) is 11.1 Å². The van der Waals surface area contributed by atoms with Crippen LogP contribution in [0.25, 0.3) is 0 Å². The maximum atomic E-state index is 12.8. The van der Waals surface area contributed by atoms with Gasteiger partial charge in [0, 0.05) is 24.7 Å². The molecule has 0 unspecified atom stereocenters. The molecule has 140 valence electrons. The first kappa shape index (κ1) is 18.9. The Bertz CT molecular complexity index is 915. The molecule has 0 radical (unpaired) electrons. The predicted octanol–water partition coefficient (Wildman–Crippen LogP) is 3.13. The summed E-state index contributed by atoms with van der Waals surface area (Å²) in [6.45, 7) is 4.32. The zero-order valence-corrected chi connectivity index (χ0v) is 16.2. The summed E-state index contributed by atoms with van der Waals surface area (Å²) in [7, 11) is -3.64. The van der Waals surface area contributed by atoms with Gasteiger partial charge in [0.2, 0.25) is 10.0 Å². The SMILES string of the molecule is Cc1ccc(S(=O)(=O)N2CCC(NC(=O)c3occc3C)CC2)c(Cl)c1. The highest BCUT2D eigenvalue weighted by Crippen LogP contribution is 2.27. The first-order valence-corrected chi connectivity index (χ1v) is 10.2. The van der Waals surface area contributed by atoms with Gasteiger partial charge >= 0.3 is 0 Å². The van der Waals surface area contributed by atoms with Gasteiger partial charge in [-0.2, -0.15) is 4.31 Å². The van der Waals surface area contributed by atoms with Gasteiger partial charge in [-0.3, -0.25) is 4.79 Å². The van der Waals surface area contributed by atoms with E-state index in [2.05, 4.69) is 5.32 Å². The molecule has 3 rings (SSSR count). The summed E-state index contributed by atoms with van der Waals surface area (Å²) in [5.74, 6) is 0.0295. The third-order valence-electron chi connectivity index (χ3n) is 4.56. The van der Waals surface area contributed by atoms with Gasteiger partial charge in [-0.05, 0) is 50.5 Å². The van der Waals surface area contributed by atoms with Crippen LogP contribution in [0.1, 0.15) is 34.5 Å². The Kier molecular flexibility index (Phi) is 5.41. The zero-order chi connectivity index (χ0) is 18.9. The lowest BCUT2D eigenvalue weighted by atomic mass is 10.1.